The number of aromatic nitrogens is 3. The lowest BCUT2D eigenvalue weighted by Crippen LogP contribution is -3.11. The smallest absolute Gasteiger partial charge is 0.119 e. The Bertz CT molecular complexity index is 562. The minimum Gasteiger partial charge on any atom is -0.335 e. The van der Waals surface area contributed by atoms with Gasteiger partial charge in [0, 0.05) is 5.75 Å². The molecule has 0 radical (unpaired) electrons. The summed E-state index contributed by atoms with van der Waals surface area (Å²) in [6.07, 6.45) is 0. The molecule has 1 N–H and O–H groups in total. The molecule has 2 aromatic heterocycles. The molecule has 2 aromatic rings. The van der Waals surface area contributed by atoms with Gasteiger partial charge >= 0.3 is 0 Å². The first-order valence-corrected chi connectivity index (χ1v) is 9.18. The zero-order valence-electron chi connectivity index (χ0n) is 13.1. The van der Waals surface area contributed by atoms with Gasteiger partial charge in [0.2, 0.25) is 0 Å². The highest BCUT2D eigenvalue weighted by Gasteiger charge is 2.10. The van der Waals surface area contributed by atoms with Crippen LogP contribution in [0.5, 0.6) is 0 Å². The predicted molar refractivity (Wildman–Crippen MR) is 90.2 cm³/mol. The van der Waals surface area contributed by atoms with Crippen molar-refractivity contribution in [2.24, 2.45) is 0 Å². The summed E-state index contributed by atoms with van der Waals surface area (Å²) in [6.45, 7) is 12.1. The number of hydrogen-bond donors (Lipinski definition) is 1. The van der Waals surface area contributed by atoms with Crippen LogP contribution in [0.15, 0.2) is 17.2 Å². The van der Waals surface area contributed by atoms with Crippen molar-refractivity contribution in [3.63, 3.8) is 0 Å². The van der Waals surface area contributed by atoms with Crippen LogP contribution in [-0.2, 0) is 0 Å². The van der Waals surface area contributed by atoms with E-state index in [1.807, 2.05) is 13.8 Å². The first-order valence-electron chi connectivity index (χ1n) is 7.38. The molecule has 0 aliphatic carbocycles. The van der Waals surface area contributed by atoms with Crippen LogP contribution in [-0.4, -0.2) is 40.6 Å². The molecule has 0 spiro atoms. The summed E-state index contributed by atoms with van der Waals surface area (Å²) in [7, 11) is 0. The maximum Gasteiger partial charge on any atom is 0.119 e. The third kappa shape index (κ3) is 4.49. The number of quaternary nitrogens is 1. The number of nitrogens with zero attached hydrogens (tertiary/aromatic N) is 3. The second-order valence-corrected chi connectivity index (χ2v) is 7.28. The maximum absolute atomic E-state index is 4.44. The molecule has 0 amide bonds. The average Bonchev–Trinajstić information content (AvgIpc) is 2.83. The van der Waals surface area contributed by atoms with E-state index < -0.39 is 0 Å². The van der Waals surface area contributed by atoms with Gasteiger partial charge < -0.3 is 4.90 Å². The summed E-state index contributed by atoms with van der Waals surface area (Å²) < 4.78 is 0. The molecule has 6 heteroatoms. The van der Waals surface area contributed by atoms with Crippen molar-refractivity contribution in [2.45, 2.75) is 32.7 Å². The van der Waals surface area contributed by atoms with Gasteiger partial charge in [0.1, 0.15) is 10.7 Å². The monoisotopic (exact) mass is 323 g/mol. The van der Waals surface area contributed by atoms with E-state index in [2.05, 4.69) is 41.2 Å². The van der Waals surface area contributed by atoms with E-state index in [1.54, 1.807) is 28.0 Å². The zero-order valence-corrected chi connectivity index (χ0v) is 14.8. The van der Waals surface area contributed by atoms with Crippen LogP contribution < -0.4 is 4.90 Å². The topological polar surface area (TPSA) is 43.1 Å². The van der Waals surface area contributed by atoms with Crippen molar-refractivity contribution in [3.05, 3.63) is 22.8 Å². The molecule has 0 bridgehead atoms. The first-order chi connectivity index (χ1) is 10.1. The van der Waals surface area contributed by atoms with Gasteiger partial charge in [0.25, 0.3) is 0 Å². The first kappa shape index (κ1) is 16.4. The lowest BCUT2D eigenvalue weighted by atomic mass is 10.3. The molecule has 4 nitrogen and oxygen atoms in total. The van der Waals surface area contributed by atoms with Gasteiger partial charge in [-0.2, -0.15) is 0 Å². The van der Waals surface area contributed by atoms with Crippen LogP contribution in [0.4, 0.5) is 0 Å². The molecule has 0 saturated carbocycles. The molecule has 0 aliphatic rings. The van der Waals surface area contributed by atoms with Crippen molar-refractivity contribution in [2.75, 3.05) is 25.4 Å². The molecule has 114 valence electrons. The summed E-state index contributed by atoms with van der Waals surface area (Å²) in [6, 6.07) is 4.12. The minimum atomic E-state index is 0.928. The third-order valence-electron chi connectivity index (χ3n) is 3.48. The lowest BCUT2D eigenvalue weighted by molar-refractivity contribution is -0.893. The van der Waals surface area contributed by atoms with E-state index in [0.717, 1.165) is 32.1 Å². The Morgan fingerprint density at radius 2 is 1.90 bits per heavy atom. The average molecular weight is 324 g/mol. The van der Waals surface area contributed by atoms with E-state index in [-0.39, 0.29) is 0 Å². The SMILES string of the molecule is CC[NH+](CC)CCSc1ccc(-c2sc(C)nc2C)nn1. The number of rotatable bonds is 7. The molecular formula is C15H23N4S2+. The second-order valence-electron chi connectivity index (χ2n) is 4.96. The minimum absolute atomic E-state index is 0.928. The number of thioether (sulfide) groups is 1. The molecule has 0 unspecified atom stereocenters. The summed E-state index contributed by atoms with van der Waals surface area (Å²) in [4.78, 5) is 7.20. The van der Waals surface area contributed by atoms with Crippen molar-refractivity contribution in [1.82, 2.24) is 15.2 Å². The van der Waals surface area contributed by atoms with Crippen molar-refractivity contribution in [1.29, 1.82) is 0 Å². The predicted octanol–water partition coefficient (Wildman–Crippen LogP) is 2.23. The van der Waals surface area contributed by atoms with Crippen LogP contribution in [0.25, 0.3) is 10.6 Å². The summed E-state index contributed by atoms with van der Waals surface area (Å²) in [5.74, 6) is 1.09. The normalized spacial score (nSPS) is 11.3. The van der Waals surface area contributed by atoms with Gasteiger partial charge in [0.05, 0.1) is 35.2 Å². The Balaban J connectivity index is 1.95. The fourth-order valence-corrected chi connectivity index (χ4v) is 3.94. The molecule has 0 aromatic carbocycles. The van der Waals surface area contributed by atoms with Crippen LogP contribution in [0.2, 0.25) is 0 Å². The molecule has 2 rings (SSSR count). The van der Waals surface area contributed by atoms with Crippen molar-refractivity contribution < 1.29 is 4.90 Å². The van der Waals surface area contributed by atoms with Gasteiger partial charge in [0.15, 0.2) is 0 Å². The molecule has 0 saturated heterocycles. The fourth-order valence-electron chi connectivity index (χ4n) is 2.19. The molecule has 0 fully saturated rings. The van der Waals surface area contributed by atoms with Gasteiger partial charge in [-0.25, -0.2) is 4.98 Å². The number of thiazole rings is 1. The van der Waals surface area contributed by atoms with Crippen LogP contribution in [0.3, 0.4) is 0 Å². The Morgan fingerprint density at radius 3 is 2.43 bits per heavy atom. The number of nitrogens with one attached hydrogen (secondary N) is 1. The zero-order chi connectivity index (χ0) is 15.2. The highest BCUT2D eigenvalue weighted by molar-refractivity contribution is 7.99. The molecule has 21 heavy (non-hydrogen) atoms. The number of aryl methyl sites for hydroxylation is 2. The van der Waals surface area contributed by atoms with Gasteiger partial charge in [-0.15, -0.1) is 21.5 Å². The molecule has 2 heterocycles. The standard InChI is InChI=1S/C15H22N4S2/c1-5-19(6-2)9-10-20-14-8-7-13(17-18-14)15-11(3)16-12(4)21-15/h7-8H,5-6,9-10H2,1-4H3/p+1. The molecule has 0 aliphatic heterocycles. The summed E-state index contributed by atoms with van der Waals surface area (Å²) in [5.41, 5.74) is 1.97. The van der Waals surface area contributed by atoms with E-state index in [9.17, 15) is 0 Å². The summed E-state index contributed by atoms with van der Waals surface area (Å²) in [5, 5.41) is 10.8. The number of hydrogen-bond acceptors (Lipinski definition) is 5. The largest absolute Gasteiger partial charge is 0.335 e. The van der Waals surface area contributed by atoms with E-state index in [0.29, 0.717) is 0 Å². The maximum atomic E-state index is 4.44. The highest BCUT2D eigenvalue weighted by Crippen LogP contribution is 2.28. The quantitative estimate of drug-likeness (QED) is 0.794. The Kier molecular flexibility index (Phi) is 6.14. The van der Waals surface area contributed by atoms with E-state index in [1.165, 1.54) is 19.6 Å². The van der Waals surface area contributed by atoms with Gasteiger partial charge in [-0.1, -0.05) is 11.8 Å². The Labute approximate surface area is 135 Å². The van der Waals surface area contributed by atoms with E-state index in [4.69, 9.17) is 0 Å². The highest BCUT2D eigenvalue weighted by atomic mass is 32.2. The van der Waals surface area contributed by atoms with Crippen LogP contribution in [0, 0.1) is 13.8 Å². The van der Waals surface area contributed by atoms with Crippen LogP contribution in [0.1, 0.15) is 24.5 Å². The Hall–Kier alpha value is -0.980. The Morgan fingerprint density at radius 1 is 1.14 bits per heavy atom. The molecular weight excluding hydrogens is 300 g/mol. The second kappa shape index (κ2) is 7.87. The third-order valence-corrected chi connectivity index (χ3v) is 5.50. The van der Waals surface area contributed by atoms with E-state index >= 15 is 0 Å². The van der Waals surface area contributed by atoms with Gasteiger partial charge in [-0.3, -0.25) is 0 Å². The van der Waals surface area contributed by atoms with Crippen LogP contribution >= 0.6 is 23.1 Å². The van der Waals surface area contributed by atoms with Gasteiger partial charge in [-0.05, 0) is 39.8 Å². The fraction of sp³-hybridized carbons (Fsp3) is 0.533. The molecule has 0 atom stereocenters. The lowest BCUT2D eigenvalue weighted by Gasteiger charge is -2.14. The summed E-state index contributed by atoms with van der Waals surface area (Å²) >= 11 is 3.46. The van der Waals surface area contributed by atoms with Crippen molar-refractivity contribution in [3.8, 4) is 10.6 Å². The van der Waals surface area contributed by atoms with Crippen molar-refractivity contribution >= 4 is 23.1 Å².